The van der Waals surface area contributed by atoms with Gasteiger partial charge in [-0.2, -0.15) is 0 Å². The molecule has 0 aromatic carbocycles. The number of fused-ring (bicyclic) bond motifs is 1. The lowest BCUT2D eigenvalue weighted by atomic mass is 10.0. The van der Waals surface area contributed by atoms with Gasteiger partial charge in [0.05, 0.1) is 16.2 Å². The number of aromatic nitrogens is 4. The first-order valence-corrected chi connectivity index (χ1v) is 10.1. The first kappa shape index (κ1) is 18.8. The highest BCUT2D eigenvalue weighted by molar-refractivity contribution is 9.10. The lowest BCUT2D eigenvalue weighted by molar-refractivity contribution is -0.123. The number of pyridine rings is 1. The molecule has 3 aromatic rings. The number of halogens is 1. The van der Waals surface area contributed by atoms with Gasteiger partial charge in [0.2, 0.25) is 11.9 Å². The van der Waals surface area contributed by atoms with E-state index in [2.05, 4.69) is 41.1 Å². The number of carbonyl (C=O) groups excluding carboxylic acids is 1. The third-order valence-electron chi connectivity index (χ3n) is 5.18. The number of piperidine rings is 1. The molecule has 0 spiro atoms. The van der Waals surface area contributed by atoms with E-state index in [1.165, 1.54) is 0 Å². The molecule has 9 heteroatoms. The number of likely N-dealkylation sites (tertiary alicyclic amines) is 1. The third kappa shape index (κ3) is 3.85. The Labute approximate surface area is 171 Å². The molecule has 0 saturated carbocycles. The summed E-state index contributed by atoms with van der Waals surface area (Å²) in [5, 5.41) is 3.42. The lowest BCUT2D eigenvalue weighted by Crippen LogP contribution is -2.48. The van der Waals surface area contributed by atoms with Crippen molar-refractivity contribution >= 4 is 33.4 Å². The first-order chi connectivity index (χ1) is 13.5. The molecule has 4 rings (SSSR count). The van der Waals surface area contributed by atoms with Crippen molar-refractivity contribution in [3.63, 3.8) is 0 Å². The molecule has 0 bridgehead atoms. The molecule has 0 aliphatic carbocycles. The monoisotopic (exact) mass is 443 g/mol. The summed E-state index contributed by atoms with van der Waals surface area (Å²) in [6.07, 6.45) is 7.47. The van der Waals surface area contributed by atoms with Crippen molar-refractivity contribution in [2.75, 3.05) is 18.4 Å². The highest BCUT2D eigenvalue weighted by Crippen LogP contribution is 2.23. The quantitative estimate of drug-likeness (QED) is 0.627. The average Bonchev–Trinajstić information content (AvgIpc) is 3.14. The molecule has 8 nitrogen and oxygen atoms in total. The van der Waals surface area contributed by atoms with E-state index < -0.39 is 0 Å². The molecule has 3 aromatic heterocycles. The molecule has 1 fully saturated rings. The maximum absolute atomic E-state index is 11.4. The van der Waals surface area contributed by atoms with Gasteiger partial charge in [-0.1, -0.05) is 0 Å². The van der Waals surface area contributed by atoms with Crippen LogP contribution in [0.1, 0.15) is 19.8 Å². The molecular weight excluding hydrogens is 422 g/mol. The van der Waals surface area contributed by atoms with Crippen LogP contribution < -0.4 is 11.1 Å². The molecule has 3 N–H and O–H groups in total. The van der Waals surface area contributed by atoms with Gasteiger partial charge >= 0.3 is 0 Å². The summed E-state index contributed by atoms with van der Waals surface area (Å²) in [4.78, 5) is 27.1. The topological polar surface area (TPSA) is 101 Å². The standard InChI is InChI=1S/C19H22BrN7O/c1-12(17(21)28)26-9-5-13(6-10-26)23-19-22-7-4-15(25-19)16-11-27-8-2-3-14(20)18(27)24-16/h2-4,7-8,11-13H,5-6,9-10H2,1H3,(H2,21,28)(H,22,23,25). The predicted molar refractivity (Wildman–Crippen MR) is 111 cm³/mol. The maximum atomic E-state index is 11.4. The van der Waals surface area contributed by atoms with Gasteiger partial charge in [0.15, 0.2) is 5.65 Å². The predicted octanol–water partition coefficient (Wildman–Crippen LogP) is 2.30. The highest BCUT2D eigenvalue weighted by atomic mass is 79.9. The van der Waals surface area contributed by atoms with E-state index in [0.29, 0.717) is 5.95 Å². The Morgan fingerprint density at radius 2 is 2.07 bits per heavy atom. The zero-order valence-corrected chi connectivity index (χ0v) is 17.1. The number of rotatable bonds is 5. The number of imidazole rings is 1. The Hall–Kier alpha value is -2.52. The number of nitrogens with one attached hydrogen (secondary N) is 1. The minimum Gasteiger partial charge on any atom is -0.368 e. The van der Waals surface area contributed by atoms with Gasteiger partial charge in [0.25, 0.3) is 0 Å². The minimum atomic E-state index is -0.276. The average molecular weight is 444 g/mol. The first-order valence-electron chi connectivity index (χ1n) is 9.28. The van der Waals surface area contributed by atoms with E-state index in [1.807, 2.05) is 41.9 Å². The molecule has 28 heavy (non-hydrogen) atoms. The number of nitrogens with two attached hydrogens (primary N) is 1. The minimum absolute atomic E-state index is 0.227. The van der Waals surface area contributed by atoms with Crippen LogP contribution in [0.25, 0.3) is 17.0 Å². The van der Waals surface area contributed by atoms with Crippen LogP contribution in [0.2, 0.25) is 0 Å². The van der Waals surface area contributed by atoms with E-state index in [0.717, 1.165) is 47.4 Å². The number of hydrogen-bond acceptors (Lipinski definition) is 6. The van der Waals surface area contributed by atoms with Gasteiger partial charge in [0, 0.05) is 37.7 Å². The Balaban J connectivity index is 1.46. The van der Waals surface area contributed by atoms with Crippen molar-refractivity contribution in [3.8, 4) is 11.4 Å². The number of amides is 1. The van der Waals surface area contributed by atoms with E-state index >= 15 is 0 Å². The summed E-state index contributed by atoms with van der Waals surface area (Å²) in [6.45, 7) is 3.50. The fourth-order valence-electron chi connectivity index (χ4n) is 3.47. The number of hydrogen-bond donors (Lipinski definition) is 2. The Morgan fingerprint density at radius 3 is 2.79 bits per heavy atom. The summed E-state index contributed by atoms with van der Waals surface area (Å²) in [6, 6.07) is 5.82. The zero-order valence-electron chi connectivity index (χ0n) is 15.5. The summed E-state index contributed by atoms with van der Waals surface area (Å²) in [5.74, 6) is 0.316. The van der Waals surface area contributed by atoms with Crippen LogP contribution in [-0.2, 0) is 4.79 Å². The number of carbonyl (C=O) groups is 1. The Bertz CT molecular complexity index is 997. The fraction of sp³-hybridized carbons (Fsp3) is 0.368. The molecule has 4 heterocycles. The second kappa shape index (κ2) is 7.84. The van der Waals surface area contributed by atoms with Gasteiger partial charge in [-0.05, 0) is 53.9 Å². The van der Waals surface area contributed by atoms with Crippen LogP contribution in [0.3, 0.4) is 0 Å². The van der Waals surface area contributed by atoms with Gasteiger partial charge in [-0.3, -0.25) is 9.69 Å². The second-order valence-corrected chi connectivity index (χ2v) is 7.87. The largest absolute Gasteiger partial charge is 0.368 e. The molecule has 1 amide bonds. The maximum Gasteiger partial charge on any atom is 0.234 e. The van der Waals surface area contributed by atoms with Crippen molar-refractivity contribution in [2.45, 2.75) is 31.8 Å². The summed E-state index contributed by atoms with van der Waals surface area (Å²) in [5.41, 5.74) is 7.82. The summed E-state index contributed by atoms with van der Waals surface area (Å²) >= 11 is 3.53. The van der Waals surface area contributed by atoms with E-state index in [9.17, 15) is 4.79 Å². The van der Waals surface area contributed by atoms with Crippen LogP contribution >= 0.6 is 15.9 Å². The van der Waals surface area contributed by atoms with Crippen molar-refractivity contribution in [1.29, 1.82) is 0 Å². The van der Waals surface area contributed by atoms with Crippen LogP contribution in [0.15, 0.2) is 41.3 Å². The number of anilines is 1. The molecular formula is C19H22BrN7O. The van der Waals surface area contributed by atoms with Gasteiger partial charge in [-0.25, -0.2) is 15.0 Å². The number of primary amides is 1. The molecule has 1 saturated heterocycles. The second-order valence-electron chi connectivity index (χ2n) is 7.01. The molecule has 146 valence electrons. The van der Waals surface area contributed by atoms with Crippen LogP contribution in [-0.4, -0.2) is 55.3 Å². The third-order valence-corrected chi connectivity index (χ3v) is 5.79. The smallest absolute Gasteiger partial charge is 0.234 e. The summed E-state index contributed by atoms with van der Waals surface area (Å²) < 4.78 is 2.90. The SMILES string of the molecule is CC(C(N)=O)N1CCC(Nc2nccc(-c3cn4cccc(Br)c4n3)n2)CC1. The van der Waals surface area contributed by atoms with Crippen LogP contribution in [0, 0.1) is 0 Å². The van der Waals surface area contributed by atoms with Crippen LogP contribution in [0.5, 0.6) is 0 Å². The van der Waals surface area contributed by atoms with E-state index in [-0.39, 0.29) is 18.0 Å². The summed E-state index contributed by atoms with van der Waals surface area (Å²) in [7, 11) is 0. The Kier molecular flexibility index (Phi) is 5.27. The molecule has 0 radical (unpaired) electrons. The van der Waals surface area contributed by atoms with Gasteiger partial charge < -0.3 is 15.5 Å². The molecule has 1 unspecified atom stereocenters. The van der Waals surface area contributed by atoms with E-state index in [4.69, 9.17) is 5.73 Å². The number of nitrogens with zero attached hydrogens (tertiary/aromatic N) is 5. The van der Waals surface area contributed by atoms with Crippen molar-refractivity contribution < 1.29 is 4.79 Å². The van der Waals surface area contributed by atoms with Gasteiger partial charge in [0.1, 0.15) is 5.69 Å². The Morgan fingerprint density at radius 1 is 1.29 bits per heavy atom. The van der Waals surface area contributed by atoms with Crippen LogP contribution in [0.4, 0.5) is 5.95 Å². The zero-order chi connectivity index (χ0) is 19.7. The fourth-order valence-corrected chi connectivity index (χ4v) is 3.91. The van der Waals surface area contributed by atoms with Crippen molar-refractivity contribution in [3.05, 3.63) is 41.3 Å². The molecule has 1 atom stereocenters. The normalized spacial score (nSPS) is 16.9. The molecule has 1 aliphatic heterocycles. The van der Waals surface area contributed by atoms with E-state index in [1.54, 1.807) is 6.20 Å². The lowest BCUT2D eigenvalue weighted by Gasteiger charge is -2.34. The molecule has 1 aliphatic rings. The van der Waals surface area contributed by atoms with Crippen molar-refractivity contribution in [1.82, 2.24) is 24.3 Å². The van der Waals surface area contributed by atoms with Gasteiger partial charge in [-0.15, -0.1) is 0 Å². The highest BCUT2D eigenvalue weighted by Gasteiger charge is 2.25. The van der Waals surface area contributed by atoms with Crippen molar-refractivity contribution in [2.24, 2.45) is 5.73 Å².